The van der Waals surface area contributed by atoms with Gasteiger partial charge in [-0.1, -0.05) is 264 Å². The molecule has 50 heavy (non-hydrogen) atoms. The summed E-state index contributed by atoms with van der Waals surface area (Å²) in [7, 11) is 0. The van der Waals surface area contributed by atoms with E-state index in [1.54, 1.807) is 16.7 Å². The molecule has 0 fully saturated rings. The molecule has 0 aromatic heterocycles. The normalized spacial score (nSPS) is 11.6. The van der Waals surface area contributed by atoms with E-state index in [2.05, 4.69) is 39.0 Å². The molecule has 1 rings (SSSR count). The van der Waals surface area contributed by atoms with Crippen molar-refractivity contribution in [1.82, 2.24) is 0 Å². The van der Waals surface area contributed by atoms with Crippen LogP contribution in [0.3, 0.4) is 0 Å². The maximum atomic E-state index is 4.10. The highest BCUT2D eigenvalue weighted by molar-refractivity contribution is 5.30. The van der Waals surface area contributed by atoms with Gasteiger partial charge in [0.15, 0.2) is 0 Å². The lowest BCUT2D eigenvalue weighted by molar-refractivity contribution is 0.525. The highest BCUT2D eigenvalue weighted by Gasteiger charge is 2.04. The molecule has 0 spiro atoms. The third-order valence-corrected chi connectivity index (χ3v) is 11.5. The zero-order valence-electron chi connectivity index (χ0n) is 34.9. The molecule has 0 heteroatoms. The fourth-order valence-electron chi connectivity index (χ4n) is 8.06. The molecule has 0 nitrogen and oxygen atoms in total. The van der Waals surface area contributed by atoms with Gasteiger partial charge in [-0.2, -0.15) is 0 Å². The van der Waals surface area contributed by atoms with Gasteiger partial charge in [0, 0.05) is 0 Å². The van der Waals surface area contributed by atoms with Crippen molar-refractivity contribution < 1.29 is 0 Å². The second-order valence-electron chi connectivity index (χ2n) is 16.6. The van der Waals surface area contributed by atoms with Gasteiger partial charge in [-0.3, -0.25) is 0 Å². The third-order valence-electron chi connectivity index (χ3n) is 11.5. The largest absolute Gasteiger partial charge is 0.0654 e. The number of unbranched alkanes of at least 4 members (excludes halogenated alkanes) is 35. The zero-order chi connectivity index (χ0) is 35.8. The first kappa shape index (κ1) is 47.2. The van der Waals surface area contributed by atoms with Gasteiger partial charge in [-0.15, -0.1) is 0 Å². The summed E-state index contributed by atoms with van der Waals surface area (Å²) in [6.07, 6.45) is 58.4. The minimum atomic E-state index is 1.05. The van der Waals surface area contributed by atoms with Gasteiger partial charge in [0.1, 0.15) is 0 Å². The van der Waals surface area contributed by atoms with E-state index in [1.807, 2.05) is 0 Å². The van der Waals surface area contributed by atoms with Crippen molar-refractivity contribution in [2.45, 2.75) is 277 Å². The number of benzene rings is 1. The first-order chi connectivity index (χ1) is 24.8. The Balaban J connectivity index is 2.02. The van der Waals surface area contributed by atoms with Crippen LogP contribution in [0, 0.1) is 6.92 Å². The summed E-state index contributed by atoms with van der Waals surface area (Å²) >= 11 is 0. The number of hydrogen-bond donors (Lipinski definition) is 0. The molecule has 0 atom stereocenters. The smallest absolute Gasteiger partial charge is 0.0279 e. The molecule has 0 amide bonds. The predicted octanol–water partition coefficient (Wildman–Crippen LogP) is 18.0. The fourth-order valence-corrected chi connectivity index (χ4v) is 8.06. The Morgan fingerprint density at radius 3 is 0.640 bits per heavy atom. The molecule has 0 saturated carbocycles. The first-order valence-electron chi connectivity index (χ1n) is 23.7. The van der Waals surface area contributed by atoms with Crippen LogP contribution >= 0.6 is 0 Å². The van der Waals surface area contributed by atoms with Crippen molar-refractivity contribution in [1.29, 1.82) is 0 Å². The molecule has 0 aliphatic heterocycles. The fraction of sp³-hybridized carbons (Fsp3) is 0.860. The average Bonchev–Trinajstić information content (AvgIpc) is 3.13. The molecule has 0 heterocycles. The van der Waals surface area contributed by atoms with Crippen molar-refractivity contribution in [3.8, 4) is 0 Å². The second kappa shape index (κ2) is 39.4. The molecule has 1 aromatic carbocycles. The van der Waals surface area contributed by atoms with Crippen LogP contribution < -0.4 is 0 Å². The van der Waals surface area contributed by atoms with Crippen LogP contribution in [-0.4, -0.2) is 0 Å². The van der Waals surface area contributed by atoms with E-state index < -0.39 is 0 Å². The quantitative estimate of drug-likeness (QED) is 0.0599. The zero-order valence-corrected chi connectivity index (χ0v) is 34.9. The van der Waals surface area contributed by atoms with E-state index >= 15 is 0 Å². The van der Waals surface area contributed by atoms with E-state index in [0.717, 1.165) is 6.42 Å². The third kappa shape index (κ3) is 33.1. The van der Waals surface area contributed by atoms with Gasteiger partial charge in [-0.05, 0) is 55.2 Å². The monoisotopic (exact) mass is 694 g/mol. The van der Waals surface area contributed by atoms with Crippen molar-refractivity contribution in [3.05, 3.63) is 41.8 Å². The summed E-state index contributed by atoms with van der Waals surface area (Å²) in [5.41, 5.74) is 4.80. The van der Waals surface area contributed by atoms with E-state index in [4.69, 9.17) is 0 Å². The molecular weight excluding hydrogens is 601 g/mol. The molecule has 1 aromatic rings. The molecule has 0 aliphatic rings. The molecule has 0 saturated heterocycles. The van der Waals surface area contributed by atoms with Crippen molar-refractivity contribution in [2.75, 3.05) is 0 Å². The maximum Gasteiger partial charge on any atom is -0.0279 e. The van der Waals surface area contributed by atoms with Crippen LogP contribution in [0.5, 0.6) is 0 Å². The lowest BCUT2D eigenvalue weighted by Gasteiger charge is -2.11. The summed E-state index contributed by atoms with van der Waals surface area (Å²) in [6, 6.07) is 7.62. The summed E-state index contributed by atoms with van der Waals surface area (Å²) in [5, 5.41) is 0. The van der Waals surface area contributed by atoms with Crippen LogP contribution in [0.4, 0.5) is 0 Å². The lowest BCUT2D eigenvalue weighted by Crippen LogP contribution is -1.96. The molecule has 293 valence electrons. The van der Waals surface area contributed by atoms with Crippen LogP contribution in [0.2, 0.25) is 0 Å². The molecule has 0 bridgehead atoms. The predicted molar refractivity (Wildman–Crippen MR) is 230 cm³/mol. The Morgan fingerprint density at radius 2 is 0.440 bits per heavy atom. The van der Waals surface area contributed by atoms with Gasteiger partial charge in [-0.25, -0.2) is 0 Å². The molecular formula is C50H93. The summed E-state index contributed by atoms with van der Waals surface area (Å²) in [4.78, 5) is 0. The van der Waals surface area contributed by atoms with Crippen LogP contribution in [0.1, 0.15) is 275 Å². The van der Waals surface area contributed by atoms with E-state index in [1.165, 1.54) is 257 Å². The SMILES string of the molecule is [CH2]CCCc1cc(CCCCCCCCCCCCCCCCCCCC)cc(CCCCCCCCCCCCCCCCCCCC)c1. The summed E-state index contributed by atoms with van der Waals surface area (Å²) in [5.74, 6) is 0. The lowest BCUT2D eigenvalue weighted by atomic mass is 9.95. The molecule has 0 N–H and O–H groups in total. The van der Waals surface area contributed by atoms with Gasteiger partial charge < -0.3 is 0 Å². The Labute approximate surface area is 317 Å². The maximum absolute atomic E-state index is 4.10. The Bertz CT molecular complexity index is 718. The number of hydrogen-bond acceptors (Lipinski definition) is 0. The summed E-state index contributed by atoms with van der Waals surface area (Å²) in [6.45, 7) is 8.72. The van der Waals surface area contributed by atoms with Crippen LogP contribution in [0.25, 0.3) is 0 Å². The van der Waals surface area contributed by atoms with E-state index in [-0.39, 0.29) is 0 Å². The molecule has 1 radical (unpaired) electrons. The minimum Gasteiger partial charge on any atom is -0.0654 e. The Kier molecular flexibility index (Phi) is 37.3. The standard InChI is InChI=1S/C50H93/c1-4-7-10-12-14-16-18-20-22-24-26-28-30-32-34-36-38-40-43-49-45-48(42-9-6-3)46-50(47-49)44-41-39-37-35-33-31-29-27-25-23-21-19-17-15-13-11-8-5-2/h45-47H,3-44H2,1-2H3. The summed E-state index contributed by atoms with van der Waals surface area (Å²) < 4.78 is 0. The van der Waals surface area contributed by atoms with E-state index in [0.29, 0.717) is 0 Å². The number of aryl methyl sites for hydroxylation is 3. The van der Waals surface area contributed by atoms with Crippen molar-refractivity contribution in [3.63, 3.8) is 0 Å². The highest BCUT2D eigenvalue weighted by atomic mass is 14.1. The van der Waals surface area contributed by atoms with Gasteiger partial charge in [0.05, 0.1) is 0 Å². The van der Waals surface area contributed by atoms with Gasteiger partial charge in [0.25, 0.3) is 0 Å². The Morgan fingerprint density at radius 1 is 0.260 bits per heavy atom. The van der Waals surface area contributed by atoms with Gasteiger partial charge >= 0.3 is 0 Å². The average molecular weight is 694 g/mol. The van der Waals surface area contributed by atoms with Crippen LogP contribution in [0.15, 0.2) is 18.2 Å². The van der Waals surface area contributed by atoms with Crippen molar-refractivity contribution >= 4 is 0 Å². The first-order valence-corrected chi connectivity index (χ1v) is 23.7. The van der Waals surface area contributed by atoms with Crippen LogP contribution in [-0.2, 0) is 19.3 Å². The minimum absolute atomic E-state index is 1.05. The highest BCUT2D eigenvalue weighted by Crippen LogP contribution is 2.20. The topological polar surface area (TPSA) is 0 Å². The Hall–Kier alpha value is -0.780. The molecule has 0 unspecified atom stereocenters. The van der Waals surface area contributed by atoms with Gasteiger partial charge in [0.2, 0.25) is 0 Å². The molecule has 0 aliphatic carbocycles. The number of rotatable bonds is 41. The van der Waals surface area contributed by atoms with Crippen molar-refractivity contribution in [2.24, 2.45) is 0 Å². The van der Waals surface area contributed by atoms with E-state index in [9.17, 15) is 0 Å². The second-order valence-corrected chi connectivity index (χ2v) is 16.6.